The highest BCUT2D eigenvalue weighted by molar-refractivity contribution is 6.35. The number of hydrogen-bond acceptors (Lipinski definition) is 2. The third kappa shape index (κ3) is 2.20. The molecule has 0 spiro atoms. The summed E-state index contributed by atoms with van der Waals surface area (Å²) in [5, 5.41) is 8.51. The Labute approximate surface area is 70.4 Å². The lowest BCUT2D eigenvalue weighted by atomic mass is 10.3. The third-order valence-electron chi connectivity index (χ3n) is 1.36. The Kier molecular flexibility index (Phi) is 2.58. The molecule has 0 saturated heterocycles. The zero-order chi connectivity index (χ0) is 8.97. The molecule has 0 fully saturated rings. The maximum atomic E-state index is 10.4. The van der Waals surface area contributed by atoms with Crippen LogP contribution in [0, 0.1) is 0 Å². The van der Waals surface area contributed by atoms with E-state index < -0.39 is 5.97 Å². The van der Waals surface area contributed by atoms with Crippen LogP contribution in [0.5, 0.6) is 0 Å². The molecule has 3 nitrogen and oxygen atoms in total. The lowest BCUT2D eigenvalue weighted by Gasteiger charge is -1.93. The normalized spacial score (nSPS) is 11.2. The van der Waals surface area contributed by atoms with E-state index in [0.717, 1.165) is 0 Å². The second-order valence-electron chi connectivity index (χ2n) is 2.34. The molecule has 1 rings (SSSR count). The molecule has 0 saturated carbocycles. The van der Waals surface area contributed by atoms with Crippen LogP contribution in [0.3, 0.4) is 0 Å². The van der Waals surface area contributed by atoms with Gasteiger partial charge in [-0.1, -0.05) is 18.2 Å². The van der Waals surface area contributed by atoms with E-state index in [1.807, 2.05) is 18.2 Å². The van der Waals surface area contributed by atoms with Crippen molar-refractivity contribution in [3.8, 4) is 0 Å². The van der Waals surface area contributed by atoms with Gasteiger partial charge in [-0.05, 0) is 19.1 Å². The standard InChI is InChI=1S/C9H9NO2/c1-7(9(11)12)10-8-5-3-2-4-6-8/h2-6H,1H3,(H,11,12). The summed E-state index contributed by atoms with van der Waals surface area (Å²) >= 11 is 0. The number of nitrogens with zero attached hydrogens (tertiary/aromatic N) is 1. The molecule has 0 aliphatic carbocycles. The van der Waals surface area contributed by atoms with Gasteiger partial charge < -0.3 is 5.11 Å². The van der Waals surface area contributed by atoms with Crippen LogP contribution >= 0.6 is 0 Å². The Hall–Kier alpha value is -1.64. The molecule has 0 amide bonds. The fourth-order valence-corrected chi connectivity index (χ4v) is 0.744. The van der Waals surface area contributed by atoms with Crippen LogP contribution in [0.15, 0.2) is 35.3 Å². The molecule has 1 aromatic carbocycles. The minimum absolute atomic E-state index is 0.0983. The fraction of sp³-hybridized carbons (Fsp3) is 0.111. The number of carbonyl (C=O) groups is 1. The number of para-hydroxylation sites is 1. The van der Waals surface area contributed by atoms with Gasteiger partial charge in [0.1, 0.15) is 5.71 Å². The monoisotopic (exact) mass is 163 g/mol. The van der Waals surface area contributed by atoms with E-state index in [-0.39, 0.29) is 5.71 Å². The first kappa shape index (κ1) is 8.46. The molecule has 0 aliphatic rings. The molecule has 0 radical (unpaired) electrons. The van der Waals surface area contributed by atoms with Crippen molar-refractivity contribution in [3.63, 3.8) is 0 Å². The summed E-state index contributed by atoms with van der Waals surface area (Å²) in [5.41, 5.74) is 0.763. The molecule has 1 N–H and O–H groups in total. The SMILES string of the molecule is CC(=Nc1ccccc1)C(=O)O. The van der Waals surface area contributed by atoms with Gasteiger partial charge in [0.2, 0.25) is 0 Å². The van der Waals surface area contributed by atoms with E-state index in [9.17, 15) is 4.79 Å². The molecule has 0 unspecified atom stereocenters. The van der Waals surface area contributed by atoms with Crippen LogP contribution in [-0.2, 0) is 4.79 Å². The Morgan fingerprint density at radius 3 is 2.42 bits per heavy atom. The minimum atomic E-state index is -0.987. The quantitative estimate of drug-likeness (QED) is 0.676. The number of carboxylic acid groups (broad SMARTS) is 1. The van der Waals surface area contributed by atoms with E-state index in [2.05, 4.69) is 4.99 Å². The van der Waals surface area contributed by atoms with E-state index in [1.165, 1.54) is 6.92 Å². The minimum Gasteiger partial charge on any atom is -0.477 e. The van der Waals surface area contributed by atoms with Crippen LogP contribution in [0.4, 0.5) is 5.69 Å². The smallest absolute Gasteiger partial charge is 0.349 e. The zero-order valence-corrected chi connectivity index (χ0v) is 6.69. The first-order chi connectivity index (χ1) is 5.70. The van der Waals surface area contributed by atoms with Crippen molar-refractivity contribution in [3.05, 3.63) is 30.3 Å². The summed E-state index contributed by atoms with van der Waals surface area (Å²) in [4.78, 5) is 14.2. The van der Waals surface area contributed by atoms with Crippen molar-refractivity contribution in [2.24, 2.45) is 4.99 Å². The van der Waals surface area contributed by atoms with Crippen molar-refractivity contribution in [1.82, 2.24) is 0 Å². The van der Waals surface area contributed by atoms with Crippen molar-refractivity contribution < 1.29 is 9.90 Å². The highest BCUT2D eigenvalue weighted by Gasteiger charge is 2.00. The summed E-state index contributed by atoms with van der Waals surface area (Å²) in [6.45, 7) is 1.47. The van der Waals surface area contributed by atoms with Gasteiger partial charge in [0, 0.05) is 0 Å². The number of benzene rings is 1. The van der Waals surface area contributed by atoms with E-state index in [0.29, 0.717) is 5.69 Å². The van der Waals surface area contributed by atoms with Gasteiger partial charge in [-0.3, -0.25) is 0 Å². The van der Waals surface area contributed by atoms with Gasteiger partial charge in [-0.15, -0.1) is 0 Å². The predicted octanol–water partition coefficient (Wildman–Crippen LogP) is 1.86. The predicted molar refractivity (Wildman–Crippen MR) is 46.8 cm³/mol. The van der Waals surface area contributed by atoms with Crippen LogP contribution < -0.4 is 0 Å². The molecule has 0 heterocycles. The maximum Gasteiger partial charge on any atom is 0.349 e. The molecule has 0 aliphatic heterocycles. The lowest BCUT2D eigenvalue weighted by Crippen LogP contribution is -2.06. The molecule has 12 heavy (non-hydrogen) atoms. The summed E-state index contributed by atoms with van der Waals surface area (Å²) in [6.07, 6.45) is 0. The topological polar surface area (TPSA) is 49.7 Å². The second-order valence-corrected chi connectivity index (χ2v) is 2.34. The van der Waals surface area contributed by atoms with Gasteiger partial charge in [0.25, 0.3) is 0 Å². The summed E-state index contributed by atoms with van der Waals surface area (Å²) in [5.74, 6) is -0.987. The Balaban J connectivity index is 2.89. The number of rotatable bonds is 2. The molecule has 0 atom stereocenters. The Morgan fingerprint density at radius 1 is 1.33 bits per heavy atom. The lowest BCUT2D eigenvalue weighted by molar-refractivity contribution is -0.129. The largest absolute Gasteiger partial charge is 0.477 e. The first-order valence-electron chi connectivity index (χ1n) is 3.54. The highest BCUT2D eigenvalue weighted by atomic mass is 16.4. The fourth-order valence-electron chi connectivity index (χ4n) is 0.744. The number of carboxylic acids is 1. The molecule has 3 heteroatoms. The van der Waals surface area contributed by atoms with E-state index >= 15 is 0 Å². The number of aliphatic carboxylic acids is 1. The maximum absolute atomic E-state index is 10.4. The molecular formula is C9H9NO2. The van der Waals surface area contributed by atoms with Crippen LogP contribution in [-0.4, -0.2) is 16.8 Å². The molecule has 1 aromatic rings. The Morgan fingerprint density at radius 2 is 1.92 bits per heavy atom. The average Bonchev–Trinajstić information content (AvgIpc) is 2.06. The summed E-state index contributed by atoms with van der Waals surface area (Å²) in [7, 11) is 0. The van der Waals surface area contributed by atoms with Gasteiger partial charge in [-0.2, -0.15) is 0 Å². The molecule has 0 aromatic heterocycles. The highest BCUT2D eigenvalue weighted by Crippen LogP contribution is 2.09. The van der Waals surface area contributed by atoms with Crippen LogP contribution in [0.1, 0.15) is 6.92 Å². The Bertz CT molecular complexity index is 304. The average molecular weight is 163 g/mol. The van der Waals surface area contributed by atoms with Gasteiger partial charge in [-0.25, -0.2) is 9.79 Å². The first-order valence-corrected chi connectivity index (χ1v) is 3.54. The molecule has 0 bridgehead atoms. The van der Waals surface area contributed by atoms with Crippen LogP contribution in [0.25, 0.3) is 0 Å². The zero-order valence-electron chi connectivity index (χ0n) is 6.69. The van der Waals surface area contributed by atoms with Gasteiger partial charge in [0.05, 0.1) is 5.69 Å². The second kappa shape index (κ2) is 3.67. The third-order valence-corrected chi connectivity index (χ3v) is 1.36. The van der Waals surface area contributed by atoms with Gasteiger partial charge in [0.15, 0.2) is 0 Å². The van der Waals surface area contributed by atoms with Crippen LogP contribution in [0.2, 0.25) is 0 Å². The summed E-state index contributed by atoms with van der Waals surface area (Å²) < 4.78 is 0. The summed E-state index contributed by atoms with van der Waals surface area (Å²) in [6, 6.07) is 9.00. The number of hydrogen-bond donors (Lipinski definition) is 1. The van der Waals surface area contributed by atoms with Crippen molar-refractivity contribution in [1.29, 1.82) is 0 Å². The number of aliphatic imine (C=N–C) groups is 1. The van der Waals surface area contributed by atoms with Crippen molar-refractivity contribution in [2.75, 3.05) is 0 Å². The van der Waals surface area contributed by atoms with Crippen molar-refractivity contribution >= 4 is 17.4 Å². The molecular weight excluding hydrogens is 154 g/mol. The van der Waals surface area contributed by atoms with E-state index in [1.54, 1.807) is 12.1 Å². The molecule has 62 valence electrons. The van der Waals surface area contributed by atoms with Crippen molar-refractivity contribution in [2.45, 2.75) is 6.92 Å². The van der Waals surface area contributed by atoms with Gasteiger partial charge >= 0.3 is 5.97 Å². The van der Waals surface area contributed by atoms with E-state index in [4.69, 9.17) is 5.11 Å².